The Labute approximate surface area is 137 Å². The lowest BCUT2D eigenvalue weighted by molar-refractivity contribution is -0.141. The summed E-state index contributed by atoms with van der Waals surface area (Å²) < 4.78 is 10.5. The molecule has 0 aliphatic rings. The molecule has 0 aliphatic carbocycles. The molecule has 0 saturated carbocycles. The molecule has 1 unspecified atom stereocenters. The van der Waals surface area contributed by atoms with Gasteiger partial charge in [-0.1, -0.05) is 37.3 Å². The molecule has 23 heavy (non-hydrogen) atoms. The molecule has 0 bridgehead atoms. The fraction of sp³-hybridized carbons (Fsp3) is 0.529. The van der Waals surface area contributed by atoms with Crippen molar-refractivity contribution in [2.24, 2.45) is 5.92 Å². The molecule has 1 N–H and O–H groups in total. The van der Waals surface area contributed by atoms with Crippen LogP contribution in [0.25, 0.3) is 0 Å². The Bertz CT molecular complexity index is 477. The van der Waals surface area contributed by atoms with Crippen molar-refractivity contribution in [1.29, 1.82) is 0 Å². The maximum absolute atomic E-state index is 12.2. The van der Waals surface area contributed by atoms with Gasteiger partial charge in [-0.05, 0) is 18.9 Å². The molecule has 1 rings (SSSR count). The summed E-state index contributed by atoms with van der Waals surface area (Å²) in [6, 6.07) is 9.37. The molecule has 1 atom stereocenters. The van der Waals surface area contributed by atoms with Crippen molar-refractivity contribution in [3.8, 4) is 0 Å². The van der Waals surface area contributed by atoms with Crippen LogP contribution in [-0.2, 0) is 20.9 Å². The van der Waals surface area contributed by atoms with Gasteiger partial charge in [0.25, 0.3) is 0 Å². The molecule has 128 valence electrons. The fourth-order valence-corrected chi connectivity index (χ4v) is 1.98. The van der Waals surface area contributed by atoms with E-state index in [9.17, 15) is 9.59 Å². The van der Waals surface area contributed by atoms with Gasteiger partial charge in [-0.3, -0.25) is 4.79 Å². The zero-order valence-corrected chi connectivity index (χ0v) is 13.7. The van der Waals surface area contributed by atoms with Gasteiger partial charge in [0.2, 0.25) is 0 Å². The number of ether oxygens (including phenoxy) is 2. The second kappa shape index (κ2) is 10.6. The monoisotopic (exact) mass is 323 g/mol. The average molecular weight is 323 g/mol. The Morgan fingerprint density at radius 2 is 1.96 bits per heavy atom. The van der Waals surface area contributed by atoms with Crippen molar-refractivity contribution in [1.82, 2.24) is 4.90 Å². The van der Waals surface area contributed by atoms with Crippen LogP contribution in [-0.4, -0.2) is 48.4 Å². The second-order valence-corrected chi connectivity index (χ2v) is 5.28. The number of hydrogen-bond donors (Lipinski definition) is 1. The van der Waals surface area contributed by atoms with Crippen molar-refractivity contribution < 1.29 is 24.2 Å². The SMILES string of the molecule is CCOCCCN(CC(C)C(=O)O)C(=O)OCc1ccccc1. The fourth-order valence-electron chi connectivity index (χ4n) is 1.98. The molecule has 0 heterocycles. The minimum atomic E-state index is -0.935. The van der Waals surface area contributed by atoms with E-state index in [0.29, 0.717) is 26.2 Å². The Morgan fingerprint density at radius 1 is 1.26 bits per heavy atom. The van der Waals surface area contributed by atoms with Gasteiger partial charge in [-0.25, -0.2) is 4.79 Å². The summed E-state index contributed by atoms with van der Waals surface area (Å²) in [5, 5.41) is 9.03. The first-order valence-electron chi connectivity index (χ1n) is 7.80. The first-order valence-corrected chi connectivity index (χ1v) is 7.80. The molecule has 0 aromatic heterocycles. The normalized spacial score (nSPS) is 11.7. The van der Waals surface area contributed by atoms with Crippen LogP contribution in [0.4, 0.5) is 4.79 Å². The summed E-state index contributed by atoms with van der Waals surface area (Å²) >= 11 is 0. The van der Waals surface area contributed by atoms with Crippen molar-refractivity contribution in [2.45, 2.75) is 26.9 Å². The number of nitrogens with zero attached hydrogens (tertiary/aromatic N) is 1. The third-order valence-electron chi connectivity index (χ3n) is 3.30. The molecule has 0 aliphatic heterocycles. The molecule has 0 spiro atoms. The van der Waals surface area contributed by atoms with Crippen molar-refractivity contribution in [3.63, 3.8) is 0 Å². The van der Waals surface area contributed by atoms with Crippen molar-refractivity contribution in [2.75, 3.05) is 26.3 Å². The minimum absolute atomic E-state index is 0.120. The molecule has 0 fully saturated rings. The van der Waals surface area contributed by atoms with Gasteiger partial charge in [0.05, 0.1) is 5.92 Å². The number of aliphatic carboxylic acids is 1. The zero-order chi connectivity index (χ0) is 17.1. The molecule has 1 aromatic carbocycles. The average Bonchev–Trinajstić information content (AvgIpc) is 2.56. The largest absolute Gasteiger partial charge is 0.481 e. The van der Waals surface area contributed by atoms with E-state index in [-0.39, 0.29) is 13.2 Å². The molecule has 1 aromatic rings. The van der Waals surface area contributed by atoms with Gasteiger partial charge in [0.1, 0.15) is 6.61 Å². The van der Waals surface area contributed by atoms with Gasteiger partial charge < -0.3 is 19.5 Å². The predicted octanol–water partition coefficient (Wildman–Crippen LogP) is 2.77. The first-order chi connectivity index (χ1) is 11.0. The highest BCUT2D eigenvalue weighted by Gasteiger charge is 2.21. The molecule has 6 nitrogen and oxygen atoms in total. The standard InChI is InChI=1S/C17H25NO5/c1-3-22-11-7-10-18(12-14(2)16(19)20)17(21)23-13-15-8-5-4-6-9-15/h4-6,8-9,14H,3,7,10-13H2,1-2H3,(H,19,20). The van der Waals surface area contributed by atoms with Gasteiger partial charge in [0.15, 0.2) is 0 Å². The summed E-state index contributed by atoms with van der Waals surface area (Å²) in [5.41, 5.74) is 0.890. The van der Waals surface area contributed by atoms with Crippen LogP contribution in [0.1, 0.15) is 25.8 Å². The van der Waals surface area contributed by atoms with Gasteiger partial charge in [-0.2, -0.15) is 0 Å². The summed E-state index contributed by atoms with van der Waals surface area (Å²) in [6.45, 7) is 5.31. The third-order valence-corrected chi connectivity index (χ3v) is 3.30. The molecule has 6 heteroatoms. The summed E-state index contributed by atoms with van der Waals surface area (Å²) in [5.74, 6) is -1.58. The maximum atomic E-state index is 12.2. The lowest BCUT2D eigenvalue weighted by Crippen LogP contribution is -2.38. The van der Waals surface area contributed by atoms with E-state index in [0.717, 1.165) is 5.56 Å². The van der Waals surface area contributed by atoms with Crippen molar-refractivity contribution in [3.05, 3.63) is 35.9 Å². The van der Waals surface area contributed by atoms with Crippen molar-refractivity contribution >= 4 is 12.1 Å². The quantitative estimate of drug-likeness (QED) is 0.670. The minimum Gasteiger partial charge on any atom is -0.481 e. The van der Waals surface area contributed by atoms with Crippen LogP contribution < -0.4 is 0 Å². The van der Waals surface area contributed by atoms with Crippen LogP contribution in [0, 0.1) is 5.92 Å². The zero-order valence-electron chi connectivity index (χ0n) is 13.7. The highest BCUT2D eigenvalue weighted by molar-refractivity contribution is 5.72. The predicted molar refractivity (Wildman–Crippen MR) is 86.1 cm³/mol. The van der Waals surface area contributed by atoms with E-state index in [2.05, 4.69) is 0 Å². The maximum Gasteiger partial charge on any atom is 0.410 e. The summed E-state index contributed by atoms with van der Waals surface area (Å²) in [4.78, 5) is 24.6. The van der Waals surface area contributed by atoms with E-state index in [1.165, 1.54) is 4.90 Å². The van der Waals surface area contributed by atoms with Crippen LogP contribution >= 0.6 is 0 Å². The van der Waals surface area contributed by atoms with E-state index in [1.54, 1.807) is 6.92 Å². The number of carbonyl (C=O) groups is 2. The number of hydrogen-bond acceptors (Lipinski definition) is 4. The summed E-state index contributed by atoms with van der Waals surface area (Å²) in [6.07, 6.45) is 0.138. The number of rotatable bonds is 10. The topological polar surface area (TPSA) is 76.1 Å². The molecule has 0 saturated heterocycles. The van der Waals surface area contributed by atoms with Crippen LogP contribution in [0.15, 0.2) is 30.3 Å². The Kier molecular flexibility index (Phi) is 8.75. The van der Waals surface area contributed by atoms with E-state index >= 15 is 0 Å². The number of carboxylic acid groups (broad SMARTS) is 1. The van der Waals surface area contributed by atoms with Gasteiger partial charge in [0, 0.05) is 26.3 Å². The Morgan fingerprint density at radius 3 is 2.57 bits per heavy atom. The highest BCUT2D eigenvalue weighted by Crippen LogP contribution is 2.07. The van der Waals surface area contributed by atoms with E-state index in [4.69, 9.17) is 14.6 Å². The van der Waals surface area contributed by atoms with Crippen LogP contribution in [0.5, 0.6) is 0 Å². The molecule has 0 radical (unpaired) electrons. The van der Waals surface area contributed by atoms with E-state index in [1.807, 2.05) is 37.3 Å². The highest BCUT2D eigenvalue weighted by atomic mass is 16.6. The number of carbonyl (C=O) groups excluding carboxylic acids is 1. The third kappa shape index (κ3) is 7.65. The lowest BCUT2D eigenvalue weighted by atomic mass is 10.1. The number of benzene rings is 1. The second-order valence-electron chi connectivity index (χ2n) is 5.28. The first kappa shape index (κ1) is 19.0. The number of amides is 1. The molecule has 1 amide bonds. The smallest absolute Gasteiger partial charge is 0.410 e. The van der Waals surface area contributed by atoms with E-state index < -0.39 is 18.0 Å². The lowest BCUT2D eigenvalue weighted by Gasteiger charge is -2.24. The summed E-state index contributed by atoms with van der Waals surface area (Å²) in [7, 11) is 0. The Balaban J connectivity index is 2.53. The van der Waals surface area contributed by atoms with Crippen LogP contribution in [0.2, 0.25) is 0 Å². The van der Waals surface area contributed by atoms with Crippen LogP contribution in [0.3, 0.4) is 0 Å². The van der Waals surface area contributed by atoms with Gasteiger partial charge >= 0.3 is 12.1 Å². The molecular formula is C17H25NO5. The Hall–Kier alpha value is -2.08. The molecular weight excluding hydrogens is 298 g/mol. The number of carboxylic acids is 1. The van der Waals surface area contributed by atoms with Gasteiger partial charge in [-0.15, -0.1) is 0 Å².